The molecule has 1 N–H and O–H groups in total. The molecule has 0 saturated carbocycles. The fourth-order valence-corrected chi connectivity index (χ4v) is 3.82. The fraction of sp³-hybridized carbons (Fsp3) is 0.538. The minimum Gasteiger partial charge on any atom is -0.379 e. The number of rotatable bonds is 2. The lowest BCUT2D eigenvalue weighted by Gasteiger charge is -2.35. The van der Waals surface area contributed by atoms with E-state index in [0.29, 0.717) is 17.1 Å². The lowest BCUT2D eigenvalue weighted by atomic mass is 9.88. The van der Waals surface area contributed by atoms with Gasteiger partial charge >= 0.3 is 0 Å². The van der Waals surface area contributed by atoms with Crippen molar-refractivity contribution in [2.24, 2.45) is 5.41 Å². The van der Waals surface area contributed by atoms with Gasteiger partial charge in [0.15, 0.2) is 0 Å². The molecule has 1 aliphatic rings. The van der Waals surface area contributed by atoms with Gasteiger partial charge in [0.05, 0.1) is 5.69 Å². The van der Waals surface area contributed by atoms with E-state index in [1.807, 2.05) is 17.8 Å². The number of nitrogens with one attached hydrogen (secondary N) is 1. The Morgan fingerprint density at radius 1 is 1.47 bits per heavy atom. The molecule has 2 rings (SSSR count). The van der Waals surface area contributed by atoms with Crippen LogP contribution in [-0.4, -0.2) is 17.5 Å². The van der Waals surface area contributed by atoms with Crippen molar-refractivity contribution in [3.05, 3.63) is 28.5 Å². The van der Waals surface area contributed by atoms with Crippen molar-refractivity contribution in [2.45, 2.75) is 26.3 Å². The van der Waals surface area contributed by atoms with Crippen LogP contribution in [0, 0.1) is 11.2 Å². The number of benzene rings is 1. The van der Waals surface area contributed by atoms with Crippen molar-refractivity contribution in [2.75, 3.05) is 16.8 Å². The number of halogens is 2. The highest BCUT2D eigenvalue weighted by Crippen LogP contribution is 2.35. The maximum absolute atomic E-state index is 13.6. The lowest BCUT2D eigenvalue weighted by molar-refractivity contribution is 0.357. The van der Waals surface area contributed by atoms with E-state index in [1.165, 1.54) is 11.8 Å². The second-order valence-electron chi connectivity index (χ2n) is 5.35. The predicted molar refractivity (Wildman–Crippen MR) is 77.2 cm³/mol. The summed E-state index contributed by atoms with van der Waals surface area (Å²) in [6, 6.07) is 5.38. The predicted octanol–water partition coefficient (Wildman–Crippen LogP) is 4.53. The van der Waals surface area contributed by atoms with Gasteiger partial charge in [0.1, 0.15) is 5.82 Å². The van der Waals surface area contributed by atoms with Gasteiger partial charge in [0.2, 0.25) is 0 Å². The van der Waals surface area contributed by atoms with Crippen molar-refractivity contribution in [3.8, 4) is 0 Å². The molecule has 1 fully saturated rings. The Labute approximate surface area is 115 Å². The summed E-state index contributed by atoms with van der Waals surface area (Å²) in [5, 5.41) is 3.32. The first-order chi connectivity index (χ1) is 7.96. The molecule has 94 valence electrons. The van der Waals surface area contributed by atoms with Crippen molar-refractivity contribution >= 4 is 33.4 Å². The molecule has 1 heterocycles. The first-order valence-electron chi connectivity index (χ1n) is 5.76. The molecule has 0 aromatic heterocycles. The molecule has 17 heavy (non-hydrogen) atoms. The van der Waals surface area contributed by atoms with Gasteiger partial charge in [0, 0.05) is 16.3 Å². The van der Waals surface area contributed by atoms with Crippen LogP contribution in [0.3, 0.4) is 0 Å². The van der Waals surface area contributed by atoms with Gasteiger partial charge in [-0.15, -0.1) is 0 Å². The molecule has 0 aliphatic carbocycles. The van der Waals surface area contributed by atoms with Crippen LogP contribution in [0.25, 0.3) is 0 Å². The van der Waals surface area contributed by atoms with E-state index < -0.39 is 0 Å². The van der Waals surface area contributed by atoms with E-state index >= 15 is 0 Å². The fourth-order valence-electron chi connectivity index (χ4n) is 2.18. The van der Waals surface area contributed by atoms with Gasteiger partial charge in [-0.1, -0.05) is 29.8 Å². The normalized spacial score (nSPS) is 23.4. The van der Waals surface area contributed by atoms with Crippen LogP contribution in [0.2, 0.25) is 0 Å². The number of thioether (sulfide) groups is 1. The first kappa shape index (κ1) is 13.2. The van der Waals surface area contributed by atoms with Crippen molar-refractivity contribution < 1.29 is 4.39 Å². The molecule has 0 spiro atoms. The summed E-state index contributed by atoms with van der Waals surface area (Å²) in [5.74, 6) is 2.06. The second-order valence-corrected chi connectivity index (χ2v) is 7.29. The summed E-state index contributed by atoms with van der Waals surface area (Å²) in [6.07, 6.45) is 1.09. The lowest BCUT2D eigenvalue weighted by Crippen LogP contribution is -2.35. The van der Waals surface area contributed by atoms with E-state index in [4.69, 9.17) is 0 Å². The van der Waals surface area contributed by atoms with Crippen LogP contribution in [-0.2, 0) is 0 Å². The standard InChI is InChI=1S/C13H17BrFNS/c1-13(2)6-10(7-17-8-13)16-12-5-9(14)3-4-11(12)15/h3-5,10,16H,6-8H2,1-2H3. The van der Waals surface area contributed by atoms with Gasteiger partial charge in [0.25, 0.3) is 0 Å². The average Bonchev–Trinajstić information content (AvgIpc) is 2.22. The molecule has 1 unspecified atom stereocenters. The number of hydrogen-bond acceptors (Lipinski definition) is 2. The number of anilines is 1. The molecule has 1 aliphatic heterocycles. The third-order valence-corrected chi connectivity index (χ3v) is 5.02. The Morgan fingerprint density at radius 3 is 2.94 bits per heavy atom. The zero-order valence-corrected chi connectivity index (χ0v) is 12.5. The molecule has 1 aromatic rings. The van der Waals surface area contributed by atoms with Gasteiger partial charge < -0.3 is 5.32 Å². The van der Waals surface area contributed by atoms with Crippen LogP contribution in [0.5, 0.6) is 0 Å². The summed E-state index contributed by atoms with van der Waals surface area (Å²) in [4.78, 5) is 0. The second kappa shape index (κ2) is 5.19. The summed E-state index contributed by atoms with van der Waals surface area (Å²) >= 11 is 5.31. The maximum Gasteiger partial charge on any atom is 0.146 e. The minimum absolute atomic E-state index is 0.179. The van der Waals surface area contributed by atoms with Gasteiger partial charge in [-0.05, 0) is 35.8 Å². The van der Waals surface area contributed by atoms with Crippen LogP contribution >= 0.6 is 27.7 Å². The van der Waals surface area contributed by atoms with Crippen molar-refractivity contribution in [1.29, 1.82) is 0 Å². The Hall–Kier alpha value is -0.220. The molecule has 1 atom stereocenters. The minimum atomic E-state index is -0.179. The summed E-state index contributed by atoms with van der Waals surface area (Å²) in [5.41, 5.74) is 0.936. The Kier molecular flexibility index (Phi) is 4.03. The van der Waals surface area contributed by atoms with E-state index in [-0.39, 0.29) is 5.82 Å². The molecule has 1 saturated heterocycles. The Morgan fingerprint density at radius 2 is 2.24 bits per heavy atom. The molecular formula is C13H17BrFNS. The largest absolute Gasteiger partial charge is 0.379 e. The van der Waals surface area contributed by atoms with Crippen LogP contribution in [0.4, 0.5) is 10.1 Å². The average molecular weight is 318 g/mol. The van der Waals surface area contributed by atoms with Crippen LogP contribution in [0.1, 0.15) is 20.3 Å². The monoisotopic (exact) mass is 317 g/mol. The molecule has 0 amide bonds. The SMILES string of the molecule is CC1(C)CSCC(Nc2cc(Br)ccc2F)C1. The van der Waals surface area contributed by atoms with Gasteiger partial charge in [-0.3, -0.25) is 0 Å². The van der Waals surface area contributed by atoms with Gasteiger partial charge in [-0.2, -0.15) is 11.8 Å². The third-order valence-electron chi connectivity index (χ3n) is 2.90. The maximum atomic E-state index is 13.6. The molecular weight excluding hydrogens is 301 g/mol. The third kappa shape index (κ3) is 3.62. The highest BCUT2D eigenvalue weighted by Gasteiger charge is 2.28. The van der Waals surface area contributed by atoms with Crippen LogP contribution < -0.4 is 5.32 Å². The van der Waals surface area contributed by atoms with Crippen molar-refractivity contribution in [1.82, 2.24) is 0 Å². The molecule has 4 heteroatoms. The molecule has 0 radical (unpaired) electrons. The Balaban J connectivity index is 2.07. The smallest absolute Gasteiger partial charge is 0.146 e. The molecule has 1 aromatic carbocycles. The summed E-state index contributed by atoms with van der Waals surface area (Å²) in [7, 11) is 0. The topological polar surface area (TPSA) is 12.0 Å². The highest BCUT2D eigenvalue weighted by atomic mass is 79.9. The van der Waals surface area contributed by atoms with Gasteiger partial charge in [-0.25, -0.2) is 4.39 Å². The van der Waals surface area contributed by atoms with E-state index in [1.54, 1.807) is 6.07 Å². The van der Waals surface area contributed by atoms with Crippen LogP contribution in [0.15, 0.2) is 22.7 Å². The molecule has 0 bridgehead atoms. The van der Waals surface area contributed by atoms with Crippen molar-refractivity contribution in [3.63, 3.8) is 0 Å². The zero-order chi connectivity index (χ0) is 12.5. The summed E-state index contributed by atoms with van der Waals surface area (Å²) < 4.78 is 14.5. The molecule has 1 nitrogen and oxygen atoms in total. The zero-order valence-electron chi connectivity index (χ0n) is 10.1. The van der Waals surface area contributed by atoms with E-state index in [0.717, 1.165) is 16.6 Å². The summed E-state index contributed by atoms with van der Waals surface area (Å²) in [6.45, 7) is 4.54. The quantitative estimate of drug-likeness (QED) is 0.860. The first-order valence-corrected chi connectivity index (χ1v) is 7.70. The highest BCUT2D eigenvalue weighted by molar-refractivity contribution is 9.10. The Bertz CT molecular complexity index is 408. The van der Waals surface area contributed by atoms with E-state index in [9.17, 15) is 4.39 Å². The number of hydrogen-bond donors (Lipinski definition) is 1. The van der Waals surface area contributed by atoms with E-state index in [2.05, 4.69) is 35.1 Å².